The Kier molecular flexibility index (Phi) is 6.45. The number of carbonyl (C=O) groups excluding carboxylic acids is 1. The molecule has 4 nitrogen and oxygen atoms in total. The van der Waals surface area contributed by atoms with Gasteiger partial charge in [0.1, 0.15) is 11.8 Å². The minimum Gasteiger partial charge on any atom is -0.479 e. The SMILES string of the molecule is CCCCCCC(Oc1ccccc1C#N)C(N)=O. The average Bonchev–Trinajstić information content (AvgIpc) is 2.42. The van der Waals surface area contributed by atoms with Gasteiger partial charge in [-0.25, -0.2) is 0 Å². The second-order valence-corrected chi connectivity index (χ2v) is 4.47. The maximum absolute atomic E-state index is 11.4. The second-order valence-electron chi connectivity index (χ2n) is 4.47. The zero-order chi connectivity index (χ0) is 14.1. The first kappa shape index (κ1) is 15.0. The number of ether oxygens (including phenoxy) is 1. The fourth-order valence-corrected chi connectivity index (χ4v) is 1.83. The highest BCUT2D eigenvalue weighted by Crippen LogP contribution is 2.20. The van der Waals surface area contributed by atoms with Crippen LogP contribution in [0.1, 0.15) is 44.6 Å². The van der Waals surface area contributed by atoms with Crippen LogP contribution in [0.4, 0.5) is 0 Å². The van der Waals surface area contributed by atoms with E-state index in [2.05, 4.69) is 6.92 Å². The van der Waals surface area contributed by atoms with Crippen LogP contribution in [0.3, 0.4) is 0 Å². The number of rotatable bonds is 8. The number of amides is 1. The van der Waals surface area contributed by atoms with E-state index in [0.29, 0.717) is 17.7 Å². The van der Waals surface area contributed by atoms with E-state index in [1.165, 1.54) is 0 Å². The molecular formula is C15H20N2O2. The Balaban J connectivity index is 2.63. The molecule has 1 amide bonds. The summed E-state index contributed by atoms with van der Waals surface area (Å²) in [5.74, 6) is -0.0615. The highest BCUT2D eigenvalue weighted by Gasteiger charge is 2.18. The Morgan fingerprint density at radius 3 is 2.74 bits per heavy atom. The molecule has 0 saturated heterocycles. The lowest BCUT2D eigenvalue weighted by atomic mass is 10.1. The quantitative estimate of drug-likeness (QED) is 0.730. The number of nitrogens with two attached hydrogens (primary N) is 1. The number of unbranched alkanes of at least 4 members (excludes halogenated alkanes) is 3. The minimum atomic E-state index is -0.661. The Hall–Kier alpha value is -2.02. The van der Waals surface area contributed by atoms with Crippen LogP contribution < -0.4 is 10.5 Å². The van der Waals surface area contributed by atoms with E-state index in [9.17, 15) is 4.79 Å². The van der Waals surface area contributed by atoms with Gasteiger partial charge in [-0.1, -0.05) is 38.3 Å². The van der Waals surface area contributed by atoms with E-state index in [4.69, 9.17) is 15.7 Å². The van der Waals surface area contributed by atoms with E-state index in [-0.39, 0.29) is 0 Å². The van der Waals surface area contributed by atoms with Crippen molar-refractivity contribution in [2.75, 3.05) is 0 Å². The molecule has 0 saturated carbocycles. The highest BCUT2D eigenvalue weighted by molar-refractivity contribution is 5.79. The largest absolute Gasteiger partial charge is 0.479 e. The van der Waals surface area contributed by atoms with Crippen molar-refractivity contribution < 1.29 is 9.53 Å². The van der Waals surface area contributed by atoms with Gasteiger partial charge < -0.3 is 10.5 Å². The number of hydrogen-bond donors (Lipinski definition) is 1. The molecule has 1 aromatic carbocycles. The van der Waals surface area contributed by atoms with E-state index in [1.54, 1.807) is 24.3 Å². The van der Waals surface area contributed by atoms with E-state index < -0.39 is 12.0 Å². The molecular weight excluding hydrogens is 240 g/mol. The number of hydrogen-bond acceptors (Lipinski definition) is 3. The molecule has 19 heavy (non-hydrogen) atoms. The predicted octanol–water partition coefficient (Wildman–Crippen LogP) is 2.76. The number of primary amides is 1. The first-order chi connectivity index (χ1) is 9.19. The minimum absolute atomic E-state index is 0.419. The Morgan fingerprint density at radius 1 is 1.37 bits per heavy atom. The van der Waals surface area contributed by atoms with Gasteiger partial charge in [0.05, 0.1) is 5.56 Å². The maximum atomic E-state index is 11.4. The fraction of sp³-hybridized carbons (Fsp3) is 0.467. The van der Waals surface area contributed by atoms with Gasteiger partial charge in [0.15, 0.2) is 6.10 Å². The van der Waals surface area contributed by atoms with Crippen LogP contribution in [0, 0.1) is 11.3 Å². The molecule has 2 N–H and O–H groups in total. The summed E-state index contributed by atoms with van der Waals surface area (Å²) in [6, 6.07) is 8.90. The maximum Gasteiger partial charge on any atom is 0.258 e. The van der Waals surface area contributed by atoms with Crippen LogP contribution in [0.15, 0.2) is 24.3 Å². The van der Waals surface area contributed by atoms with Gasteiger partial charge in [0.2, 0.25) is 0 Å². The summed E-state index contributed by atoms with van der Waals surface area (Å²) in [4.78, 5) is 11.4. The molecule has 1 aromatic rings. The van der Waals surface area contributed by atoms with E-state index in [1.807, 2.05) is 6.07 Å². The third-order valence-electron chi connectivity index (χ3n) is 2.91. The molecule has 0 aliphatic rings. The van der Waals surface area contributed by atoms with Crippen molar-refractivity contribution in [1.29, 1.82) is 5.26 Å². The topological polar surface area (TPSA) is 76.1 Å². The monoisotopic (exact) mass is 260 g/mol. The molecule has 0 radical (unpaired) electrons. The van der Waals surface area contributed by atoms with Crippen LogP contribution in [-0.4, -0.2) is 12.0 Å². The van der Waals surface area contributed by atoms with Crippen LogP contribution >= 0.6 is 0 Å². The molecule has 0 aliphatic carbocycles. The third kappa shape index (κ3) is 5.01. The highest BCUT2D eigenvalue weighted by atomic mass is 16.5. The normalized spacial score (nSPS) is 11.6. The summed E-state index contributed by atoms with van der Waals surface area (Å²) < 4.78 is 5.58. The Labute approximate surface area is 114 Å². The van der Waals surface area contributed by atoms with Crippen molar-refractivity contribution in [3.05, 3.63) is 29.8 Å². The first-order valence-electron chi connectivity index (χ1n) is 6.64. The van der Waals surface area contributed by atoms with Gasteiger partial charge >= 0.3 is 0 Å². The molecule has 0 aromatic heterocycles. The predicted molar refractivity (Wildman–Crippen MR) is 73.5 cm³/mol. The van der Waals surface area contributed by atoms with Crippen LogP contribution in [0.5, 0.6) is 5.75 Å². The zero-order valence-corrected chi connectivity index (χ0v) is 11.3. The van der Waals surface area contributed by atoms with Crippen molar-refractivity contribution in [1.82, 2.24) is 0 Å². The Bertz CT molecular complexity index is 452. The lowest BCUT2D eigenvalue weighted by molar-refractivity contribution is -0.125. The molecule has 1 unspecified atom stereocenters. The van der Waals surface area contributed by atoms with Gasteiger partial charge in [0.25, 0.3) is 5.91 Å². The Morgan fingerprint density at radius 2 is 2.11 bits per heavy atom. The van der Waals surface area contributed by atoms with Gasteiger partial charge in [-0.05, 0) is 25.0 Å². The number of nitrogens with zero attached hydrogens (tertiary/aromatic N) is 1. The lowest BCUT2D eigenvalue weighted by Crippen LogP contribution is -2.33. The van der Waals surface area contributed by atoms with Crippen LogP contribution in [0.25, 0.3) is 0 Å². The summed E-state index contributed by atoms with van der Waals surface area (Å²) in [5, 5.41) is 8.97. The second kappa shape index (κ2) is 8.15. The van der Waals surface area contributed by atoms with E-state index >= 15 is 0 Å². The average molecular weight is 260 g/mol. The van der Waals surface area contributed by atoms with Crippen molar-refractivity contribution in [3.8, 4) is 11.8 Å². The smallest absolute Gasteiger partial charge is 0.258 e. The van der Waals surface area contributed by atoms with Crippen molar-refractivity contribution in [2.45, 2.75) is 45.1 Å². The summed E-state index contributed by atoms with van der Waals surface area (Å²) in [6.45, 7) is 2.13. The molecule has 1 rings (SSSR count). The number of carbonyl (C=O) groups is 1. The lowest BCUT2D eigenvalue weighted by Gasteiger charge is -2.16. The standard InChI is InChI=1S/C15H20N2O2/c1-2-3-4-5-10-14(15(17)18)19-13-9-7-6-8-12(13)11-16/h6-9,14H,2-5,10H2,1H3,(H2,17,18). The first-order valence-corrected chi connectivity index (χ1v) is 6.64. The molecule has 0 heterocycles. The zero-order valence-electron chi connectivity index (χ0n) is 11.3. The summed E-state index contributed by atoms with van der Waals surface area (Å²) in [6.07, 6.45) is 4.17. The molecule has 0 spiro atoms. The van der Waals surface area contributed by atoms with E-state index in [0.717, 1.165) is 25.7 Å². The van der Waals surface area contributed by atoms with Gasteiger partial charge in [-0.15, -0.1) is 0 Å². The summed E-state index contributed by atoms with van der Waals surface area (Å²) >= 11 is 0. The van der Waals surface area contributed by atoms with Crippen molar-refractivity contribution in [3.63, 3.8) is 0 Å². The number of benzene rings is 1. The van der Waals surface area contributed by atoms with Gasteiger partial charge in [-0.2, -0.15) is 5.26 Å². The molecule has 0 aliphatic heterocycles. The molecule has 102 valence electrons. The van der Waals surface area contributed by atoms with Crippen LogP contribution in [0.2, 0.25) is 0 Å². The molecule has 0 fully saturated rings. The number of para-hydroxylation sites is 1. The van der Waals surface area contributed by atoms with Crippen molar-refractivity contribution in [2.24, 2.45) is 5.73 Å². The van der Waals surface area contributed by atoms with Crippen molar-refractivity contribution >= 4 is 5.91 Å². The summed E-state index contributed by atoms with van der Waals surface area (Å²) in [5.41, 5.74) is 5.76. The molecule has 1 atom stereocenters. The third-order valence-corrected chi connectivity index (χ3v) is 2.91. The fourth-order valence-electron chi connectivity index (χ4n) is 1.83. The number of nitriles is 1. The van der Waals surface area contributed by atoms with Crippen LogP contribution in [-0.2, 0) is 4.79 Å². The van der Waals surface area contributed by atoms with Gasteiger partial charge in [-0.3, -0.25) is 4.79 Å². The summed E-state index contributed by atoms with van der Waals surface area (Å²) in [7, 11) is 0. The van der Waals surface area contributed by atoms with Gasteiger partial charge in [0, 0.05) is 0 Å². The molecule has 0 bridgehead atoms. The molecule has 4 heteroatoms.